The molecule has 0 spiro atoms. The average Bonchev–Trinajstić information content (AvgIpc) is 3.28. The van der Waals surface area contributed by atoms with E-state index in [2.05, 4.69) is 118 Å². The van der Waals surface area contributed by atoms with Gasteiger partial charge in [0.05, 0.1) is 0 Å². The van der Waals surface area contributed by atoms with Crippen molar-refractivity contribution in [1.29, 1.82) is 0 Å². The first-order valence-corrected chi connectivity index (χ1v) is 25.8. The Hall–Kier alpha value is -3.67. The molecule has 0 saturated carbocycles. The van der Waals surface area contributed by atoms with Crippen molar-refractivity contribution in [3.05, 3.63) is 97.2 Å². The number of hydrogen-bond acceptors (Lipinski definition) is 6. The van der Waals surface area contributed by atoms with E-state index in [9.17, 15) is 14.4 Å². The number of unbranched alkanes of at least 4 members (excludes halogenated alkanes) is 20. The van der Waals surface area contributed by atoms with Crippen molar-refractivity contribution in [3.63, 3.8) is 0 Å². The average molecular weight is 875 g/mol. The molecular weight excluding hydrogens is 781 g/mol. The van der Waals surface area contributed by atoms with Gasteiger partial charge in [-0.3, -0.25) is 14.4 Å². The highest BCUT2D eigenvalue weighted by molar-refractivity contribution is 5.71. The van der Waals surface area contributed by atoms with Crippen LogP contribution in [0.2, 0.25) is 0 Å². The van der Waals surface area contributed by atoms with Crippen LogP contribution in [0.1, 0.15) is 226 Å². The molecule has 0 N–H and O–H groups in total. The van der Waals surface area contributed by atoms with Gasteiger partial charge in [-0.15, -0.1) is 0 Å². The minimum Gasteiger partial charge on any atom is -0.462 e. The smallest absolute Gasteiger partial charge is 0.306 e. The van der Waals surface area contributed by atoms with Crippen LogP contribution in [-0.4, -0.2) is 37.2 Å². The molecule has 0 bridgehead atoms. The van der Waals surface area contributed by atoms with Crippen molar-refractivity contribution in [2.75, 3.05) is 13.2 Å². The fourth-order valence-electron chi connectivity index (χ4n) is 6.69. The van der Waals surface area contributed by atoms with Gasteiger partial charge < -0.3 is 14.2 Å². The molecule has 0 aliphatic carbocycles. The summed E-state index contributed by atoms with van der Waals surface area (Å²) in [6, 6.07) is 0. The molecule has 6 nitrogen and oxygen atoms in total. The highest BCUT2D eigenvalue weighted by Gasteiger charge is 2.19. The van der Waals surface area contributed by atoms with Gasteiger partial charge in [-0.25, -0.2) is 0 Å². The molecule has 0 amide bonds. The largest absolute Gasteiger partial charge is 0.462 e. The molecule has 0 radical (unpaired) electrons. The minimum absolute atomic E-state index is 0.0997. The van der Waals surface area contributed by atoms with Crippen molar-refractivity contribution in [2.24, 2.45) is 0 Å². The first-order valence-electron chi connectivity index (χ1n) is 25.8. The Morgan fingerprint density at radius 2 is 0.683 bits per heavy atom. The van der Waals surface area contributed by atoms with Crippen molar-refractivity contribution in [1.82, 2.24) is 0 Å². The maximum absolute atomic E-state index is 12.8. The van der Waals surface area contributed by atoms with E-state index in [1.807, 2.05) is 0 Å². The molecule has 1 unspecified atom stereocenters. The van der Waals surface area contributed by atoms with E-state index in [1.54, 1.807) is 0 Å². The van der Waals surface area contributed by atoms with E-state index in [-0.39, 0.29) is 31.1 Å². The summed E-state index contributed by atoms with van der Waals surface area (Å²) in [6.45, 7) is 6.38. The molecule has 0 saturated heterocycles. The number of esters is 3. The van der Waals surface area contributed by atoms with Crippen LogP contribution < -0.4 is 0 Å². The van der Waals surface area contributed by atoms with Crippen LogP contribution in [0.4, 0.5) is 0 Å². The van der Waals surface area contributed by atoms with Crippen LogP contribution in [0.25, 0.3) is 0 Å². The molecular formula is C57H94O6. The first kappa shape index (κ1) is 59.3. The van der Waals surface area contributed by atoms with E-state index in [0.717, 1.165) is 122 Å². The SMILES string of the molecule is CC/C=C\C/C=C\C/C=C\C/C=C\CCCCCCCCC(=O)OCC(COC(=O)CCCCC/C=C\C=C/CCCC)OC(=O)CCCCCCCC/C=C\C=C/CCCCC. The summed E-state index contributed by atoms with van der Waals surface area (Å²) in [5.41, 5.74) is 0. The molecule has 0 aromatic rings. The maximum Gasteiger partial charge on any atom is 0.306 e. The zero-order chi connectivity index (χ0) is 45.8. The Labute approximate surface area is 387 Å². The topological polar surface area (TPSA) is 78.9 Å². The van der Waals surface area contributed by atoms with Crippen LogP contribution in [0, 0.1) is 0 Å². The van der Waals surface area contributed by atoms with Gasteiger partial charge in [-0.2, -0.15) is 0 Å². The normalized spacial score (nSPS) is 12.9. The summed E-state index contributed by atoms with van der Waals surface area (Å²) in [7, 11) is 0. The Morgan fingerprint density at radius 1 is 0.349 bits per heavy atom. The van der Waals surface area contributed by atoms with Gasteiger partial charge in [-0.1, -0.05) is 201 Å². The summed E-state index contributed by atoms with van der Waals surface area (Å²) in [5, 5.41) is 0. The lowest BCUT2D eigenvalue weighted by atomic mass is 10.1. The summed E-state index contributed by atoms with van der Waals surface area (Å²) in [6.07, 6.45) is 66.7. The quantitative estimate of drug-likeness (QED) is 0.0199. The minimum atomic E-state index is -0.801. The number of carbonyl (C=O) groups excluding carboxylic acids is 3. The lowest BCUT2D eigenvalue weighted by Gasteiger charge is -2.18. The lowest BCUT2D eigenvalue weighted by Crippen LogP contribution is -2.30. The fraction of sp³-hybridized carbons (Fsp3) is 0.667. The maximum atomic E-state index is 12.8. The number of allylic oxidation sites excluding steroid dienone is 16. The number of ether oxygens (including phenoxy) is 3. The third-order valence-electron chi connectivity index (χ3n) is 10.6. The van der Waals surface area contributed by atoms with Gasteiger partial charge in [0, 0.05) is 19.3 Å². The molecule has 1 atom stereocenters. The Bertz CT molecular complexity index is 1280. The van der Waals surface area contributed by atoms with Gasteiger partial charge in [-0.05, 0) is 103 Å². The second kappa shape index (κ2) is 51.0. The predicted molar refractivity (Wildman–Crippen MR) is 270 cm³/mol. The van der Waals surface area contributed by atoms with Crippen LogP contribution in [0.15, 0.2) is 97.2 Å². The summed E-state index contributed by atoms with van der Waals surface area (Å²) in [5.74, 6) is -0.957. The van der Waals surface area contributed by atoms with Crippen LogP contribution >= 0.6 is 0 Å². The van der Waals surface area contributed by atoms with E-state index >= 15 is 0 Å². The molecule has 0 aliphatic heterocycles. The summed E-state index contributed by atoms with van der Waals surface area (Å²) < 4.78 is 16.7. The highest BCUT2D eigenvalue weighted by atomic mass is 16.6. The molecule has 63 heavy (non-hydrogen) atoms. The van der Waals surface area contributed by atoms with Crippen molar-refractivity contribution in [3.8, 4) is 0 Å². The third-order valence-corrected chi connectivity index (χ3v) is 10.6. The summed E-state index contributed by atoms with van der Waals surface area (Å²) >= 11 is 0. The van der Waals surface area contributed by atoms with Gasteiger partial charge in [0.25, 0.3) is 0 Å². The second-order valence-corrected chi connectivity index (χ2v) is 16.7. The molecule has 0 aromatic carbocycles. The Kier molecular flexibility index (Phi) is 48.0. The van der Waals surface area contributed by atoms with E-state index in [4.69, 9.17) is 14.2 Å². The fourth-order valence-corrected chi connectivity index (χ4v) is 6.69. The molecule has 358 valence electrons. The zero-order valence-electron chi connectivity index (χ0n) is 40.8. The molecule has 6 heteroatoms. The van der Waals surface area contributed by atoms with Gasteiger partial charge in [0.15, 0.2) is 6.10 Å². The van der Waals surface area contributed by atoms with Crippen molar-refractivity contribution in [2.45, 2.75) is 232 Å². The van der Waals surface area contributed by atoms with E-state index in [0.29, 0.717) is 19.3 Å². The molecule has 0 rings (SSSR count). The summed E-state index contributed by atoms with van der Waals surface area (Å²) in [4.78, 5) is 37.9. The number of rotatable bonds is 45. The highest BCUT2D eigenvalue weighted by Crippen LogP contribution is 2.13. The van der Waals surface area contributed by atoms with Crippen molar-refractivity contribution < 1.29 is 28.6 Å². The van der Waals surface area contributed by atoms with Crippen LogP contribution in [-0.2, 0) is 28.6 Å². The van der Waals surface area contributed by atoms with Gasteiger partial charge in [0.1, 0.15) is 13.2 Å². The molecule has 0 aliphatic rings. The Balaban J connectivity index is 4.44. The van der Waals surface area contributed by atoms with E-state index in [1.165, 1.54) is 64.2 Å². The van der Waals surface area contributed by atoms with Gasteiger partial charge >= 0.3 is 17.9 Å². The monoisotopic (exact) mass is 875 g/mol. The van der Waals surface area contributed by atoms with Crippen LogP contribution in [0.5, 0.6) is 0 Å². The third kappa shape index (κ3) is 49.2. The standard InChI is InChI=1S/C57H94O6/c1-4-7-10-13-16-19-22-24-26-27-28-29-31-32-35-38-41-44-47-50-56(59)62-53-54(52-61-55(58)49-46-43-40-37-34-21-18-15-12-9-6-3)63-57(60)51-48-45-42-39-36-33-30-25-23-20-17-14-11-8-5-2/h7,10,15-21,23-26,28-29,34,54H,4-6,8-9,11-14,22,27,30-33,35-53H2,1-3H3/b10-7-,18-15-,19-16-,20-17-,25-23-,26-24-,29-28-,34-21-. The number of carbonyl (C=O) groups is 3. The van der Waals surface area contributed by atoms with Gasteiger partial charge in [0.2, 0.25) is 0 Å². The van der Waals surface area contributed by atoms with Crippen LogP contribution in [0.3, 0.4) is 0 Å². The Morgan fingerprint density at radius 3 is 1.13 bits per heavy atom. The lowest BCUT2D eigenvalue weighted by molar-refractivity contribution is -0.167. The molecule has 0 fully saturated rings. The predicted octanol–water partition coefficient (Wildman–Crippen LogP) is 17.0. The zero-order valence-corrected chi connectivity index (χ0v) is 40.8. The number of hydrogen-bond donors (Lipinski definition) is 0. The van der Waals surface area contributed by atoms with Crippen molar-refractivity contribution >= 4 is 17.9 Å². The molecule has 0 aromatic heterocycles. The van der Waals surface area contributed by atoms with E-state index < -0.39 is 6.10 Å². The molecule has 0 heterocycles. The second-order valence-electron chi connectivity index (χ2n) is 16.7. The first-order chi connectivity index (χ1) is 31.0.